The summed E-state index contributed by atoms with van der Waals surface area (Å²) in [6.07, 6.45) is 4.96. The summed E-state index contributed by atoms with van der Waals surface area (Å²) < 4.78 is 5.49. The molecule has 0 aliphatic heterocycles. The maximum absolute atomic E-state index is 5.49. The standard InChI is InChI=1S/C17H33N3O/c1-6-8-10-20(11-9-7-2)14-16-12-15(19-21-16)13-18-17(3,4)5/h12,18H,6-11,13-14H2,1-5H3. The molecule has 0 spiro atoms. The van der Waals surface area contributed by atoms with Gasteiger partial charge in [-0.15, -0.1) is 0 Å². The van der Waals surface area contributed by atoms with E-state index in [1.54, 1.807) is 0 Å². The van der Waals surface area contributed by atoms with Crippen LogP contribution in [0.2, 0.25) is 0 Å². The molecular formula is C17H33N3O. The first-order valence-corrected chi connectivity index (χ1v) is 8.36. The molecule has 0 saturated carbocycles. The Morgan fingerprint density at radius 2 is 1.76 bits per heavy atom. The Hall–Kier alpha value is -0.870. The van der Waals surface area contributed by atoms with Crippen molar-refractivity contribution in [1.82, 2.24) is 15.4 Å². The summed E-state index contributed by atoms with van der Waals surface area (Å²) in [6, 6.07) is 2.09. The second-order valence-electron chi connectivity index (χ2n) is 6.87. The van der Waals surface area contributed by atoms with Gasteiger partial charge in [0.2, 0.25) is 0 Å². The van der Waals surface area contributed by atoms with E-state index in [1.807, 2.05) is 0 Å². The van der Waals surface area contributed by atoms with Crippen molar-refractivity contribution in [2.24, 2.45) is 0 Å². The van der Waals surface area contributed by atoms with Crippen LogP contribution in [-0.2, 0) is 13.1 Å². The Morgan fingerprint density at radius 1 is 1.14 bits per heavy atom. The van der Waals surface area contributed by atoms with Crippen molar-refractivity contribution >= 4 is 0 Å². The van der Waals surface area contributed by atoms with Crippen LogP contribution < -0.4 is 5.32 Å². The minimum absolute atomic E-state index is 0.105. The van der Waals surface area contributed by atoms with Crippen LogP contribution in [0.5, 0.6) is 0 Å². The number of nitrogens with zero attached hydrogens (tertiary/aromatic N) is 2. The largest absolute Gasteiger partial charge is 0.360 e. The molecule has 21 heavy (non-hydrogen) atoms. The Labute approximate surface area is 130 Å². The van der Waals surface area contributed by atoms with Gasteiger partial charge < -0.3 is 9.84 Å². The number of aromatic nitrogens is 1. The Bertz CT molecular complexity index is 374. The molecule has 1 rings (SSSR count). The van der Waals surface area contributed by atoms with Crippen molar-refractivity contribution in [2.75, 3.05) is 13.1 Å². The highest BCUT2D eigenvalue weighted by Gasteiger charge is 2.13. The molecule has 0 amide bonds. The summed E-state index contributed by atoms with van der Waals surface area (Å²) in [5.74, 6) is 0.980. The third-order valence-electron chi connectivity index (χ3n) is 3.44. The zero-order valence-corrected chi connectivity index (χ0v) is 14.5. The van der Waals surface area contributed by atoms with E-state index in [-0.39, 0.29) is 5.54 Å². The summed E-state index contributed by atoms with van der Waals surface area (Å²) >= 11 is 0. The maximum atomic E-state index is 5.49. The average molecular weight is 295 g/mol. The molecule has 0 atom stereocenters. The number of hydrogen-bond donors (Lipinski definition) is 1. The lowest BCUT2D eigenvalue weighted by atomic mass is 10.1. The molecule has 122 valence electrons. The summed E-state index contributed by atoms with van der Waals surface area (Å²) in [6.45, 7) is 14.9. The van der Waals surface area contributed by atoms with E-state index in [2.05, 4.69) is 56.1 Å². The highest BCUT2D eigenvalue weighted by atomic mass is 16.5. The second-order valence-corrected chi connectivity index (χ2v) is 6.87. The molecule has 0 aromatic carbocycles. The van der Waals surface area contributed by atoms with Crippen LogP contribution in [0.4, 0.5) is 0 Å². The van der Waals surface area contributed by atoms with E-state index in [1.165, 1.54) is 25.7 Å². The molecule has 1 aromatic rings. The van der Waals surface area contributed by atoms with Gasteiger partial charge in [0.15, 0.2) is 5.76 Å². The quantitative estimate of drug-likeness (QED) is 0.709. The lowest BCUT2D eigenvalue weighted by Gasteiger charge is -2.20. The predicted octanol–water partition coefficient (Wildman–Crippen LogP) is 3.96. The van der Waals surface area contributed by atoms with E-state index in [0.29, 0.717) is 0 Å². The monoisotopic (exact) mass is 295 g/mol. The molecule has 0 unspecified atom stereocenters. The van der Waals surface area contributed by atoms with Gasteiger partial charge in [-0.3, -0.25) is 4.90 Å². The summed E-state index contributed by atoms with van der Waals surface area (Å²) in [5.41, 5.74) is 1.10. The third-order valence-corrected chi connectivity index (χ3v) is 3.44. The molecule has 1 aromatic heterocycles. The zero-order valence-electron chi connectivity index (χ0n) is 14.5. The van der Waals surface area contributed by atoms with Crippen LogP contribution in [-0.4, -0.2) is 28.7 Å². The van der Waals surface area contributed by atoms with Gasteiger partial charge in [-0.1, -0.05) is 31.8 Å². The van der Waals surface area contributed by atoms with Gasteiger partial charge in [-0.2, -0.15) is 0 Å². The minimum Gasteiger partial charge on any atom is -0.360 e. The number of hydrogen-bond acceptors (Lipinski definition) is 4. The summed E-state index contributed by atoms with van der Waals surface area (Å²) in [5, 5.41) is 7.61. The van der Waals surface area contributed by atoms with Crippen LogP contribution in [0.15, 0.2) is 10.6 Å². The number of nitrogens with one attached hydrogen (secondary N) is 1. The lowest BCUT2D eigenvalue weighted by Crippen LogP contribution is -2.35. The van der Waals surface area contributed by atoms with Gasteiger partial charge in [0.25, 0.3) is 0 Å². The first-order valence-electron chi connectivity index (χ1n) is 8.36. The first-order chi connectivity index (χ1) is 9.94. The fourth-order valence-corrected chi connectivity index (χ4v) is 2.12. The van der Waals surface area contributed by atoms with Crippen LogP contribution in [0.25, 0.3) is 0 Å². The normalized spacial score (nSPS) is 12.3. The summed E-state index contributed by atoms with van der Waals surface area (Å²) in [4.78, 5) is 2.48. The molecule has 4 nitrogen and oxygen atoms in total. The van der Waals surface area contributed by atoms with Crippen molar-refractivity contribution in [1.29, 1.82) is 0 Å². The molecular weight excluding hydrogens is 262 g/mol. The van der Waals surface area contributed by atoms with E-state index in [0.717, 1.165) is 37.6 Å². The van der Waals surface area contributed by atoms with Crippen molar-refractivity contribution in [3.05, 3.63) is 17.5 Å². The van der Waals surface area contributed by atoms with Crippen LogP contribution >= 0.6 is 0 Å². The first kappa shape index (κ1) is 18.2. The van der Waals surface area contributed by atoms with Gasteiger partial charge in [-0.25, -0.2) is 0 Å². The van der Waals surface area contributed by atoms with Gasteiger partial charge in [0.05, 0.1) is 12.2 Å². The highest BCUT2D eigenvalue weighted by molar-refractivity contribution is 5.05. The lowest BCUT2D eigenvalue weighted by molar-refractivity contribution is 0.224. The van der Waals surface area contributed by atoms with Gasteiger partial charge in [0, 0.05) is 18.2 Å². The van der Waals surface area contributed by atoms with Crippen LogP contribution in [0.3, 0.4) is 0 Å². The van der Waals surface area contributed by atoms with Crippen molar-refractivity contribution < 1.29 is 4.52 Å². The SMILES string of the molecule is CCCCN(CCCC)Cc1cc(CNC(C)(C)C)no1. The van der Waals surface area contributed by atoms with Crippen molar-refractivity contribution in [2.45, 2.75) is 78.9 Å². The molecule has 0 bridgehead atoms. The van der Waals surface area contributed by atoms with Crippen molar-refractivity contribution in [3.63, 3.8) is 0 Å². The molecule has 0 aliphatic carbocycles. The maximum Gasteiger partial charge on any atom is 0.151 e. The van der Waals surface area contributed by atoms with E-state index in [4.69, 9.17) is 4.52 Å². The topological polar surface area (TPSA) is 41.3 Å². The Morgan fingerprint density at radius 3 is 2.29 bits per heavy atom. The van der Waals surface area contributed by atoms with E-state index >= 15 is 0 Å². The van der Waals surface area contributed by atoms with E-state index in [9.17, 15) is 0 Å². The number of rotatable bonds is 10. The smallest absolute Gasteiger partial charge is 0.151 e. The van der Waals surface area contributed by atoms with Crippen LogP contribution in [0.1, 0.15) is 71.8 Å². The average Bonchev–Trinajstić information content (AvgIpc) is 2.86. The zero-order chi connectivity index (χ0) is 15.7. The molecule has 4 heteroatoms. The number of unbranched alkanes of at least 4 members (excludes halogenated alkanes) is 2. The molecule has 1 N–H and O–H groups in total. The van der Waals surface area contributed by atoms with Crippen LogP contribution in [0, 0.1) is 0 Å². The Balaban J connectivity index is 2.49. The Kier molecular flexibility index (Phi) is 7.97. The van der Waals surface area contributed by atoms with E-state index < -0.39 is 0 Å². The second kappa shape index (κ2) is 9.21. The fourth-order valence-electron chi connectivity index (χ4n) is 2.12. The molecule has 0 radical (unpaired) electrons. The van der Waals surface area contributed by atoms with Gasteiger partial charge in [-0.05, 0) is 46.7 Å². The molecule has 0 saturated heterocycles. The predicted molar refractivity (Wildman–Crippen MR) is 88.2 cm³/mol. The molecule has 1 heterocycles. The van der Waals surface area contributed by atoms with Gasteiger partial charge in [0.1, 0.15) is 0 Å². The molecule has 0 aliphatic rings. The molecule has 0 fully saturated rings. The van der Waals surface area contributed by atoms with Gasteiger partial charge >= 0.3 is 0 Å². The summed E-state index contributed by atoms with van der Waals surface area (Å²) in [7, 11) is 0. The fraction of sp³-hybridized carbons (Fsp3) is 0.824. The van der Waals surface area contributed by atoms with Crippen molar-refractivity contribution in [3.8, 4) is 0 Å². The third kappa shape index (κ3) is 8.22. The minimum atomic E-state index is 0.105. The highest BCUT2D eigenvalue weighted by Crippen LogP contribution is 2.10.